The molecule has 26 heavy (non-hydrogen) atoms. The summed E-state index contributed by atoms with van der Waals surface area (Å²) < 4.78 is 7.16. The van der Waals surface area contributed by atoms with Crippen molar-refractivity contribution in [3.05, 3.63) is 65.4 Å². The minimum atomic E-state index is -0.336. The Morgan fingerprint density at radius 1 is 1.19 bits per heavy atom. The zero-order valence-corrected chi connectivity index (χ0v) is 15.6. The number of aromatic nitrogens is 2. The lowest BCUT2D eigenvalue weighted by Crippen LogP contribution is -2.28. The number of ether oxygens (including phenoxy) is 1. The molecular formula is C20H19N3O2S. The van der Waals surface area contributed by atoms with Crippen LogP contribution in [0.15, 0.2) is 64.7 Å². The van der Waals surface area contributed by atoms with Crippen molar-refractivity contribution in [2.45, 2.75) is 17.9 Å². The Morgan fingerprint density at radius 3 is 2.62 bits per heavy atom. The molecule has 0 saturated heterocycles. The molecule has 2 aromatic carbocycles. The predicted octanol–water partition coefficient (Wildman–Crippen LogP) is 4.22. The number of nitrogens with one attached hydrogen (secondary N) is 1. The van der Waals surface area contributed by atoms with Crippen LogP contribution in [0.2, 0.25) is 0 Å². The van der Waals surface area contributed by atoms with Gasteiger partial charge in [-0.2, -0.15) is 0 Å². The van der Waals surface area contributed by atoms with Gasteiger partial charge < -0.3 is 10.1 Å². The van der Waals surface area contributed by atoms with E-state index >= 15 is 0 Å². The van der Waals surface area contributed by atoms with Gasteiger partial charge in [-0.1, -0.05) is 24.3 Å². The van der Waals surface area contributed by atoms with Crippen LogP contribution in [0.1, 0.15) is 18.5 Å². The highest BCUT2D eigenvalue weighted by molar-refractivity contribution is 7.98. The first-order chi connectivity index (χ1) is 12.6. The molecule has 3 aromatic rings. The number of carbonyl (C=O) groups is 1. The molecule has 0 radical (unpaired) electrons. The van der Waals surface area contributed by atoms with Crippen molar-refractivity contribution >= 4 is 34.7 Å². The largest absolute Gasteiger partial charge is 0.466 e. The molecule has 0 saturated carbocycles. The second kappa shape index (κ2) is 6.53. The van der Waals surface area contributed by atoms with Crippen LogP contribution in [-0.2, 0) is 9.53 Å². The Labute approximate surface area is 156 Å². The number of para-hydroxylation sites is 2. The Bertz CT molecular complexity index is 1020. The summed E-state index contributed by atoms with van der Waals surface area (Å²) in [6.07, 6.45) is 2.05. The highest BCUT2D eigenvalue weighted by Gasteiger charge is 2.34. The van der Waals surface area contributed by atoms with Crippen molar-refractivity contribution in [2.24, 2.45) is 0 Å². The van der Waals surface area contributed by atoms with Crippen LogP contribution in [0.4, 0.5) is 5.95 Å². The summed E-state index contributed by atoms with van der Waals surface area (Å²) in [6, 6.07) is 15.9. The molecule has 1 N–H and O–H groups in total. The fraction of sp³-hybridized carbons (Fsp3) is 0.200. The average molecular weight is 365 g/mol. The van der Waals surface area contributed by atoms with Crippen LogP contribution in [-0.4, -0.2) is 28.9 Å². The highest BCUT2D eigenvalue weighted by atomic mass is 32.2. The summed E-state index contributed by atoms with van der Waals surface area (Å²) in [6.45, 7) is 1.89. The second-order valence-corrected chi connectivity index (χ2v) is 7.00. The Hall–Kier alpha value is -2.73. The van der Waals surface area contributed by atoms with Gasteiger partial charge in [0.25, 0.3) is 0 Å². The number of thioether (sulfide) groups is 1. The van der Waals surface area contributed by atoms with Gasteiger partial charge in [0.1, 0.15) is 0 Å². The third kappa shape index (κ3) is 2.57. The number of anilines is 1. The monoisotopic (exact) mass is 365 g/mol. The number of fused-ring (bicyclic) bond motifs is 3. The van der Waals surface area contributed by atoms with Crippen LogP contribution in [0.3, 0.4) is 0 Å². The Balaban J connectivity index is 1.97. The number of hydrogen-bond acceptors (Lipinski definition) is 5. The third-order valence-electron chi connectivity index (χ3n) is 4.67. The van der Waals surface area contributed by atoms with E-state index in [9.17, 15) is 4.79 Å². The first kappa shape index (κ1) is 16.7. The molecule has 1 aliphatic heterocycles. The van der Waals surface area contributed by atoms with Crippen molar-refractivity contribution in [1.82, 2.24) is 9.55 Å². The van der Waals surface area contributed by atoms with Crippen molar-refractivity contribution in [2.75, 3.05) is 18.7 Å². The molecule has 2 heterocycles. The number of nitrogens with zero attached hydrogens (tertiary/aromatic N) is 2. The van der Waals surface area contributed by atoms with Crippen LogP contribution in [0.25, 0.3) is 11.0 Å². The van der Waals surface area contributed by atoms with E-state index in [-0.39, 0.29) is 12.0 Å². The fourth-order valence-electron chi connectivity index (χ4n) is 3.44. The number of carbonyl (C=O) groups excluding carboxylic acids is 1. The molecule has 1 atom stereocenters. The van der Waals surface area contributed by atoms with E-state index in [0.717, 1.165) is 28.2 Å². The van der Waals surface area contributed by atoms with Gasteiger partial charge in [0.15, 0.2) is 0 Å². The summed E-state index contributed by atoms with van der Waals surface area (Å²) in [5.41, 5.74) is 4.25. The number of methoxy groups -OCH3 is 1. The molecule has 0 spiro atoms. The van der Waals surface area contributed by atoms with E-state index in [4.69, 9.17) is 9.72 Å². The molecule has 0 unspecified atom stereocenters. The van der Waals surface area contributed by atoms with Crippen LogP contribution < -0.4 is 5.32 Å². The second-order valence-electron chi connectivity index (χ2n) is 6.13. The van der Waals surface area contributed by atoms with Gasteiger partial charge in [-0.25, -0.2) is 9.78 Å². The zero-order chi connectivity index (χ0) is 18.3. The lowest BCUT2D eigenvalue weighted by molar-refractivity contribution is -0.136. The molecule has 5 nitrogen and oxygen atoms in total. The molecule has 0 bridgehead atoms. The topological polar surface area (TPSA) is 56.1 Å². The van der Waals surface area contributed by atoms with E-state index < -0.39 is 0 Å². The minimum Gasteiger partial charge on any atom is -0.466 e. The van der Waals surface area contributed by atoms with E-state index in [2.05, 4.69) is 34.1 Å². The quantitative estimate of drug-likeness (QED) is 0.556. The predicted molar refractivity (Wildman–Crippen MR) is 104 cm³/mol. The molecule has 1 aromatic heterocycles. The van der Waals surface area contributed by atoms with E-state index in [1.807, 2.05) is 37.4 Å². The first-order valence-corrected chi connectivity index (χ1v) is 9.53. The van der Waals surface area contributed by atoms with Gasteiger partial charge in [0, 0.05) is 10.6 Å². The van der Waals surface area contributed by atoms with Gasteiger partial charge in [-0.3, -0.25) is 4.57 Å². The van der Waals surface area contributed by atoms with Gasteiger partial charge in [-0.05, 0) is 43.0 Å². The molecule has 1 aliphatic rings. The maximum atomic E-state index is 12.6. The van der Waals surface area contributed by atoms with E-state index in [1.54, 1.807) is 11.8 Å². The maximum Gasteiger partial charge on any atom is 0.337 e. The lowest BCUT2D eigenvalue weighted by atomic mass is 9.95. The fourth-order valence-corrected chi connectivity index (χ4v) is 3.85. The minimum absolute atomic E-state index is 0.290. The molecule has 4 rings (SSSR count). The number of allylic oxidation sites excluding steroid dienone is 1. The normalized spacial score (nSPS) is 16.3. The molecule has 6 heteroatoms. The number of rotatable bonds is 3. The van der Waals surface area contributed by atoms with Crippen LogP contribution >= 0.6 is 11.8 Å². The molecule has 0 fully saturated rings. The average Bonchev–Trinajstić information content (AvgIpc) is 3.04. The number of benzene rings is 2. The van der Waals surface area contributed by atoms with E-state index in [0.29, 0.717) is 5.57 Å². The van der Waals surface area contributed by atoms with Crippen molar-refractivity contribution in [3.63, 3.8) is 0 Å². The van der Waals surface area contributed by atoms with Crippen molar-refractivity contribution in [1.29, 1.82) is 0 Å². The summed E-state index contributed by atoms with van der Waals surface area (Å²) in [5, 5.41) is 3.26. The summed E-state index contributed by atoms with van der Waals surface area (Å²) in [7, 11) is 1.41. The van der Waals surface area contributed by atoms with Gasteiger partial charge in [0.2, 0.25) is 5.95 Å². The van der Waals surface area contributed by atoms with Crippen molar-refractivity contribution < 1.29 is 9.53 Å². The van der Waals surface area contributed by atoms with Gasteiger partial charge in [-0.15, -0.1) is 11.8 Å². The van der Waals surface area contributed by atoms with Crippen LogP contribution in [0, 0.1) is 0 Å². The van der Waals surface area contributed by atoms with E-state index in [1.165, 1.54) is 12.0 Å². The molecule has 0 amide bonds. The van der Waals surface area contributed by atoms with Crippen LogP contribution in [0.5, 0.6) is 0 Å². The molecule has 132 valence electrons. The SMILES string of the molecule is COC(=O)C1=C(C)Nc2nc3ccccc3n2[C@@H]1c1ccc(SC)cc1. The third-order valence-corrected chi connectivity index (χ3v) is 5.41. The maximum absolute atomic E-state index is 12.6. The standard InChI is InChI=1S/C20H19N3O2S/c1-12-17(19(24)25-2)18(13-8-10-14(26-3)11-9-13)23-16-7-5-4-6-15(16)22-20(23)21-12/h4-11,18H,1-3H3,(H,21,22)/t18-/m1/s1. The summed E-state index contributed by atoms with van der Waals surface area (Å²) in [4.78, 5) is 18.5. The number of esters is 1. The first-order valence-electron chi connectivity index (χ1n) is 8.31. The molecular weight excluding hydrogens is 346 g/mol. The van der Waals surface area contributed by atoms with Gasteiger partial charge in [0.05, 0.1) is 29.8 Å². The summed E-state index contributed by atoms with van der Waals surface area (Å²) >= 11 is 1.69. The van der Waals surface area contributed by atoms with Gasteiger partial charge >= 0.3 is 5.97 Å². The highest BCUT2D eigenvalue weighted by Crippen LogP contribution is 2.39. The number of hydrogen-bond donors (Lipinski definition) is 1. The lowest BCUT2D eigenvalue weighted by Gasteiger charge is -2.30. The smallest absolute Gasteiger partial charge is 0.337 e. The zero-order valence-electron chi connectivity index (χ0n) is 14.8. The Morgan fingerprint density at radius 2 is 1.92 bits per heavy atom. The summed E-state index contributed by atoms with van der Waals surface area (Å²) in [5.74, 6) is 0.396. The Kier molecular flexibility index (Phi) is 4.20. The number of imidazole rings is 1. The molecule has 0 aliphatic carbocycles. The van der Waals surface area contributed by atoms with Crippen molar-refractivity contribution in [3.8, 4) is 0 Å².